The van der Waals surface area contributed by atoms with Crippen molar-refractivity contribution in [2.24, 2.45) is 29.4 Å². The fraction of sp³-hybridized carbons (Fsp3) is 0.900. The lowest BCUT2D eigenvalue weighted by molar-refractivity contribution is -0.0772. The van der Waals surface area contributed by atoms with Crippen molar-refractivity contribution >= 4 is 11.8 Å². The predicted octanol–water partition coefficient (Wildman–Crippen LogP) is 4.20. The van der Waals surface area contributed by atoms with Gasteiger partial charge in [0.25, 0.3) is 0 Å². The lowest BCUT2D eigenvalue weighted by Crippen LogP contribution is -2.39. The number of hydrogen-bond acceptors (Lipinski definition) is 4. The highest BCUT2D eigenvalue weighted by molar-refractivity contribution is 8.02. The Balaban J connectivity index is 2.08. The molecule has 4 heteroatoms. The first-order valence-electron chi connectivity index (χ1n) is 9.92. The summed E-state index contributed by atoms with van der Waals surface area (Å²) in [5, 5.41) is 13.0. The Labute approximate surface area is 152 Å². The number of rotatable bonds is 9. The average molecular weight is 356 g/mol. The smallest absolute Gasteiger partial charge is 0.0836 e. The molecule has 7 atom stereocenters. The second-order valence-corrected chi connectivity index (χ2v) is 8.78. The zero-order valence-electron chi connectivity index (χ0n) is 15.5. The van der Waals surface area contributed by atoms with Crippen LogP contribution in [0.5, 0.6) is 0 Å². The monoisotopic (exact) mass is 355 g/mol. The van der Waals surface area contributed by atoms with Crippen molar-refractivity contribution < 1.29 is 9.84 Å². The second-order valence-electron chi connectivity index (χ2n) is 7.63. The van der Waals surface area contributed by atoms with Gasteiger partial charge in [-0.15, -0.1) is 11.8 Å². The molecule has 2 saturated carbocycles. The van der Waals surface area contributed by atoms with Crippen molar-refractivity contribution in [3.8, 4) is 0 Å². The molecule has 2 aliphatic rings. The summed E-state index contributed by atoms with van der Waals surface area (Å²) in [5.74, 6) is 2.90. The third-order valence-corrected chi connectivity index (χ3v) is 7.45. The summed E-state index contributed by atoms with van der Waals surface area (Å²) < 4.78 is 5.96. The first-order chi connectivity index (χ1) is 11.7. The number of thioether (sulfide) groups is 1. The number of hydrogen-bond donors (Lipinski definition) is 2. The van der Waals surface area contributed by atoms with Crippen molar-refractivity contribution in [2.45, 2.75) is 76.3 Å². The Morgan fingerprint density at radius 2 is 2.08 bits per heavy atom. The van der Waals surface area contributed by atoms with Crippen molar-refractivity contribution in [1.82, 2.24) is 0 Å². The van der Waals surface area contributed by atoms with Crippen LogP contribution in [0.2, 0.25) is 0 Å². The Hall–Kier alpha value is -0.0300. The number of nitrogens with two attached hydrogens (primary N) is 1. The van der Waals surface area contributed by atoms with Crippen molar-refractivity contribution in [1.29, 1.82) is 0 Å². The minimum absolute atomic E-state index is 0.0340. The van der Waals surface area contributed by atoms with E-state index in [1.807, 2.05) is 17.2 Å². The second kappa shape index (κ2) is 10.2. The van der Waals surface area contributed by atoms with Gasteiger partial charge in [0.05, 0.1) is 12.2 Å². The van der Waals surface area contributed by atoms with Gasteiger partial charge in [-0.2, -0.15) is 0 Å². The van der Waals surface area contributed by atoms with Gasteiger partial charge in [-0.3, -0.25) is 0 Å². The summed E-state index contributed by atoms with van der Waals surface area (Å²) >= 11 is 1.93. The molecule has 3 N–H and O–H groups in total. The highest BCUT2D eigenvalue weighted by Crippen LogP contribution is 2.52. The van der Waals surface area contributed by atoms with Crippen LogP contribution in [0.3, 0.4) is 0 Å². The molecule has 0 heterocycles. The fourth-order valence-electron chi connectivity index (χ4n) is 5.06. The lowest BCUT2D eigenvalue weighted by atomic mass is 9.76. The lowest BCUT2D eigenvalue weighted by Gasteiger charge is -2.38. The summed E-state index contributed by atoms with van der Waals surface area (Å²) in [7, 11) is 0. The van der Waals surface area contributed by atoms with E-state index in [-0.39, 0.29) is 12.2 Å². The largest absolute Gasteiger partial charge is 0.390 e. The van der Waals surface area contributed by atoms with Gasteiger partial charge < -0.3 is 15.6 Å². The van der Waals surface area contributed by atoms with Crippen molar-refractivity contribution in [3.05, 3.63) is 12.0 Å². The van der Waals surface area contributed by atoms with Crippen LogP contribution in [0.25, 0.3) is 0 Å². The van der Waals surface area contributed by atoms with Crippen LogP contribution in [0.1, 0.15) is 58.8 Å². The molecule has 0 amide bonds. The van der Waals surface area contributed by atoms with E-state index in [2.05, 4.69) is 20.4 Å². The van der Waals surface area contributed by atoms with E-state index in [1.54, 1.807) is 0 Å². The highest BCUT2D eigenvalue weighted by atomic mass is 32.2. The number of aliphatic hydroxyl groups is 1. The van der Waals surface area contributed by atoms with Crippen molar-refractivity contribution in [2.75, 3.05) is 13.2 Å². The fourth-order valence-corrected chi connectivity index (χ4v) is 6.38. The third kappa shape index (κ3) is 4.78. The summed E-state index contributed by atoms with van der Waals surface area (Å²) in [6.07, 6.45) is 7.51. The maximum absolute atomic E-state index is 10.3. The topological polar surface area (TPSA) is 55.5 Å². The van der Waals surface area contributed by atoms with E-state index in [9.17, 15) is 5.11 Å². The van der Waals surface area contributed by atoms with Gasteiger partial charge in [0, 0.05) is 11.9 Å². The van der Waals surface area contributed by atoms with E-state index in [0.29, 0.717) is 11.2 Å². The molecule has 2 rings (SSSR count). The first-order valence-corrected chi connectivity index (χ1v) is 10.9. The van der Waals surface area contributed by atoms with E-state index < -0.39 is 0 Å². The Morgan fingerprint density at radius 1 is 1.29 bits per heavy atom. The molecule has 0 aromatic heterocycles. The molecular formula is C20H37NO2S. The molecule has 0 aromatic rings. The van der Waals surface area contributed by atoms with E-state index in [0.717, 1.165) is 63.0 Å². The SMILES string of the molecule is C=CSC1C(CCN)C(CC)CC1[C@@H]1CC[C@H](O)C(OCCC)C1. The molecule has 24 heavy (non-hydrogen) atoms. The van der Waals surface area contributed by atoms with Crippen LogP contribution < -0.4 is 5.73 Å². The van der Waals surface area contributed by atoms with Crippen LogP contribution in [-0.2, 0) is 4.74 Å². The molecular weight excluding hydrogens is 318 g/mol. The minimum atomic E-state index is -0.276. The van der Waals surface area contributed by atoms with Gasteiger partial charge >= 0.3 is 0 Å². The normalized spacial score (nSPS) is 39.9. The molecule has 2 aliphatic carbocycles. The highest BCUT2D eigenvalue weighted by Gasteiger charge is 2.46. The molecule has 0 bridgehead atoms. The van der Waals surface area contributed by atoms with Crippen LogP contribution in [0.4, 0.5) is 0 Å². The molecule has 0 saturated heterocycles. The van der Waals surface area contributed by atoms with E-state index in [1.165, 1.54) is 12.8 Å². The molecule has 140 valence electrons. The van der Waals surface area contributed by atoms with Crippen LogP contribution >= 0.6 is 11.8 Å². The molecule has 0 aromatic carbocycles. The molecule has 2 fully saturated rings. The molecule has 5 unspecified atom stereocenters. The number of ether oxygens (including phenoxy) is 1. The Bertz CT molecular complexity index is 379. The zero-order valence-corrected chi connectivity index (χ0v) is 16.3. The number of aliphatic hydroxyl groups excluding tert-OH is 1. The van der Waals surface area contributed by atoms with Gasteiger partial charge in [0.2, 0.25) is 0 Å². The standard InChI is InChI=1S/C20H37NO2S/c1-4-11-23-19-13-15(7-8-18(19)22)17-12-14(5-2)16(9-10-21)20(17)24-6-3/h6,14-20,22H,3-5,7-13,21H2,1-2H3/t14?,15-,16?,17?,18+,19?,20?/m1/s1. The van der Waals surface area contributed by atoms with Crippen LogP contribution in [0.15, 0.2) is 12.0 Å². The summed E-state index contributed by atoms with van der Waals surface area (Å²) in [6, 6.07) is 0. The van der Waals surface area contributed by atoms with Gasteiger partial charge in [-0.05, 0) is 74.1 Å². The first kappa shape index (κ1) is 20.3. The molecule has 0 radical (unpaired) electrons. The molecule has 3 nitrogen and oxygen atoms in total. The summed E-state index contributed by atoms with van der Waals surface area (Å²) in [4.78, 5) is 0. The van der Waals surface area contributed by atoms with Crippen molar-refractivity contribution in [3.63, 3.8) is 0 Å². The Morgan fingerprint density at radius 3 is 2.71 bits per heavy atom. The van der Waals surface area contributed by atoms with Gasteiger partial charge in [0.1, 0.15) is 0 Å². The van der Waals surface area contributed by atoms with Gasteiger partial charge in [0.15, 0.2) is 0 Å². The summed E-state index contributed by atoms with van der Waals surface area (Å²) in [6.45, 7) is 9.98. The molecule has 0 aliphatic heterocycles. The average Bonchev–Trinajstić information content (AvgIpc) is 2.93. The van der Waals surface area contributed by atoms with E-state index in [4.69, 9.17) is 10.5 Å². The maximum Gasteiger partial charge on any atom is 0.0836 e. The predicted molar refractivity (Wildman–Crippen MR) is 104 cm³/mol. The summed E-state index contributed by atoms with van der Waals surface area (Å²) in [5.41, 5.74) is 5.91. The third-order valence-electron chi connectivity index (χ3n) is 6.24. The van der Waals surface area contributed by atoms with Gasteiger partial charge in [-0.1, -0.05) is 26.8 Å². The molecule has 0 spiro atoms. The minimum Gasteiger partial charge on any atom is -0.390 e. The Kier molecular flexibility index (Phi) is 8.62. The maximum atomic E-state index is 10.3. The quantitative estimate of drug-likeness (QED) is 0.651. The van der Waals surface area contributed by atoms with Crippen LogP contribution in [-0.4, -0.2) is 35.7 Å². The van der Waals surface area contributed by atoms with Crippen LogP contribution in [0, 0.1) is 23.7 Å². The van der Waals surface area contributed by atoms with E-state index >= 15 is 0 Å². The zero-order chi connectivity index (χ0) is 17.5. The van der Waals surface area contributed by atoms with Gasteiger partial charge in [-0.25, -0.2) is 0 Å².